The Morgan fingerprint density at radius 2 is 2.20 bits per heavy atom. The minimum Gasteiger partial charge on any atom is -0.461 e. The van der Waals surface area contributed by atoms with Crippen molar-refractivity contribution in [3.05, 3.63) is 35.7 Å². The number of aryl methyl sites for hydroxylation is 2. The summed E-state index contributed by atoms with van der Waals surface area (Å²) in [7, 11) is 3.66. The minimum atomic E-state index is -0.417. The average Bonchev–Trinajstić information content (AvgIpc) is 2.80. The van der Waals surface area contributed by atoms with Crippen LogP contribution in [0.2, 0.25) is 0 Å². The summed E-state index contributed by atoms with van der Waals surface area (Å²) < 4.78 is 6.59. The highest BCUT2D eigenvalue weighted by atomic mass is 16.5. The number of nitrogens with zero attached hydrogens (tertiary/aromatic N) is 4. The summed E-state index contributed by atoms with van der Waals surface area (Å²) in [6.07, 6.45) is 1.75. The van der Waals surface area contributed by atoms with E-state index in [0.717, 1.165) is 17.2 Å². The molecule has 2 heterocycles. The maximum Gasteiger partial charge on any atom is 0.358 e. The third-order valence-electron chi connectivity index (χ3n) is 2.93. The number of anilines is 2. The Morgan fingerprint density at radius 3 is 2.85 bits per heavy atom. The van der Waals surface area contributed by atoms with E-state index in [9.17, 15) is 4.79 Å². The molecule has 106 valence electrons. The molecule has 0 aliphatic carbocycles. The van der Waals surface area contributed by atoms with Gasteiger partial charge in [-0.05, 0) is 31.5 Å². The lowest BCUT2D eigenvalue weighted by molar-refractivity contribution is 0.0518. The molecule has 0 aliphatic rings. The van der Waals surface area contributed by atoms with Crippen LogP contribution in [-0.4, -0.2) is 34.4 Å². The van der Waals surface area contributed by atoms with Crippen LogP contribution in [0.25, 0.3) is 0 Å². The first-order valence-corrected chi connectivity index (χ1v) is 6.40. The summed E-state index contributed by atoms with van der Waals surface area (Å²) in [5, 5.41) is 4.17. The van der Waals surface area contributed by atoms with E-state index in [1.54, 1.807) is 30.9 Å². The maximum atomic E-state index is 11.7. The van der Waals surface area contributed by atoms with Crippen LogP contribution in [-0.2, 0) is 11.8 Å². The van der Waals surface area contributed by atoms with E-state index in [0.29, 0.717) is 12.3 Å². The average molecular weight is 274 g/mol. The summed E-state index contributed by atoms with van der Waals surface area (Å²) in [5.41, 5.74) is 1.42. The van der Waals surface area contributed by atoms with Gasteiger partial charge in [-0.15, -0.1) is 0 Å². The van der Waals surface area contributed by atoms with Gasteiger partial charge in [0, 0.05) is 26.4 Å². The molecular formula is C14H18N4O2. The van der Waals surface area contributed by atoms with E-state index in [2.05, 4.69) is 10.1 Å². The van der Waals surface area contributed by atoms with Gasteiger partial charge in [-0.25, -0.2) is 9.78 Å². The van der Waals surface area contributed by atoms with Crippen LogP contribution in [0, 0.1) is 6.92 Å². The van der Waals surface area contributed by atoms with Crippen molar-refractivity contribution in [1.82, 2.24) is 14.8 Å². The summed E-state index contributed by atoms with van der Waals surface area (Å²) in [6, 6.07) is 5.60. The second-order valence-electron chi connectivity index (χ2n) is 4.48. The number of carbonyl (C=O) groups excluding carboxylic acids is 1. The summed E-state index contributed by atoms with van der Waals surface area (Å²) in [6.45, 7) is 4.11. The predicted molar refractivity (Wildman–Crippen MR) is 76.2 cm³/mol. The zero-order valence-electron chi connectivity index (χ0n) is 12.1. The number of aromatic nitrogens is 3. The molecule has 0 atom stereocenters. The van der Waals surface area contributed by atoms with Crippen LogP contribution >= 0.6 is 0 Å². The Bertz CT molecular complexity index is 621. The lowest BCUT2D eigenvalue weighted by Gasteiger charge is -2.17. The summed E-state index contributed by atoms with van der Waals surface area (Å²) in [4.78, 5) is 17.9. The highest BCUT2D eigenvalue weighted by molar-refractivity contribution is 5.88. The molecule has 0 spiro atoms. The zero-order valence-corrected chi connectivity index (χ0v) is 12.1. The van der Waals surface area contributed by atoms with Gasteiger partial charge in [-0.3, -0.25) is 4.68 Å². The quantitative estimate of drug-likeness (QED) is 0.799. The van der Waals surface area contributed by atoms with Gasteiger partial charge in [0.2, 0.25) is 0 Å². The predicted octanol–water partition coefficient (Wildman–Crippen LogP) is 2.07. The van der Waals surface area contributed by atoms with Crippen molar-refractivity contribution in [2.45, 2.75) is 13.8 Å². The number of ether oxygens (including phenoxy) is 1. The fourth-order valence-electron chi connectivity index (χ4n) is 1.90. The highest BCUT2D eigenvalue weighted by Gasteiger charge is 2.17. The minimum absolute atomic E-state index is 0.295. The van der Waals surface area contributed by atoms with Gasteiger partial charge in [0.15, 0.2) is 5.69 Å². The zero-order chi connectivity index (χ0) is 14.7. The third kappa shape index (κ3) is 2.79. The van der Waals surface area contributed by atoms with Gasteiger partial charge in [0.05, 0.1) is 6.61 Å². The second-order valence-corrected chi connectivity index (χ2v) is 4.48. The van der Waals surface area contributed by atoms with Crippen LogP contribution in [0.15, 0.2) is 24.4 Å². The standard InChI is InChI=1S/C14H18N4O2/c1-5-20-14(19)11-9-13(18(4)16-11)17(3)12-8-10(2)6-7-15-12/h6-9H,5H2,1-4H3. The lowest BCUT2D eigenvalue weighted by atomic mass is 10.3. The molecule has 6 heteroatoms. The molecule has 0 fully saturated rings. The van der Waals surface area contributed by atoms with E-state index in [1.807, 2.05) is 31.0 Å². The normalized spacial score (nSPS) is 10.4. The molecule has 0 bridgehead atoms. The van der Waals surface area contributed by atoms with Crippen LogP contribution < -0.4 is 4.90 Å². The largest absolute Gasteiger partial charge is 0.461 e. The third-order valence-corrected chi connectivity index (χ3v) is 2.93. The van der Waals surface area contributed by atoms with Gasteiger partial charge in [0.25, 0.3) is 0 Å². The number of hydrogen-bond acceptors (Lipinski definition) is 5. The Balaban J connectivity index is 2.31. The van der Waals surface area contributed by atoms with Crippen LogP contribution in [0.5, 0.6) is 0 Å². The van der Waals surface area contributed by atoms with Gasteiger partial charge in [-0.2, -0.15) is 5.10 Å². The van der Waals surface area contributed by atoms with E-state index >= 15 is 0 Å². The van der Waals surface area contributed by atoms with E-state index in [1.165, 1.54) is 0 Å². The number of esters is 1. The smallest absolute Gasteiger partial charge is 0.358 e. The monoisotopic (exact) mass is 274 g/mol. The first-order chi connectivity index (χ1) is 9.52. The van der Waals surface area contributed by atoms with Gasteiger partial charge in [-0.1, -0.05) is 0 Å². The number of carbonyl (C=O) groups is 1. The van der Waals surface area contributed by atoms with Crippen LogP contribution in [0.4, 0.5) is 11.6 Å². The molecule has 0 aromatic carbocycles. The van der Waals surface area contributed by atoms with E-state index < -0.39 is 5.97 Å². The SMILES string of the molecule is CCOC(=O)c1cc(N(C)c2cc(C)ccn2)n(C)n1. The Kier molecular flexibility index (Phi) is 4.02. The summed E-state index contributed by atoms with van der Waals surface area (Å²) in [5.74, 6) is 1.15. The molecule has 0 radical (unpaired) electrons. The van der Waals surface area contributed by atoms with Crippen molar-refractivity contribution in [2.75, 3.05) is 18.6 Å². The first-order valence-electron chi connectivity index (χ1n) is 6.40. The summed E-state index contributed by atoms with van der Waals surface area (Å²) >= 11 is 0. The molecule has 0 unspecified atom stereocenters. The van der Waals surface area contributed by atoms with Crippen molar-refractivity contribution >= 4 is 17.6 Å². The molecule has 20 heavy (non-hydrogen) atoms. The Morgan fingerprint density at radius 1 is 1.45 bits per heavy atom. The molecule has 2 aromatic rings. The number of hydrogen-bond donors (Lipinski definition) is 0. The molecule has 6 nitrogen and oxygen atoms in total. The molecule has 0 amide bonds. The van der Waals surface area contributed by atoms with Crippen molar-refractivity contribution in [2.24, 2.45) is 7.05 Å². The van der Waals surface area contributed by atoms with E-state index in [4.69, 9.17) is 4.74 Å². The highest BCUT2D eigenvalue weighted by Crippen LogP contribution is 2.22. The van der Waals surface area contributed by atoms with Crippen molar-refractivity contribution in [1.29, 1.82) is 0 Å². The Labute approximate surface area is 118 Å². The molecule has 2 aromatic heterocycles. The molecule has 0 aliphatic heterocycles. The lowest BCUT2D eigenvalue weighted by Crippen LogP contribution is -2.14. The topological polar surface area (TPSA) is 60.2 Å². The van der Waals surface area contributed by atoms with Crippen LogP contribution in [0.1, 0.15) is 23.0 Å². The first kappa shape index (κ1) is 14.0. The van der Waals surface area contributed by atoms with Crippen LogP contribution in [0.3, 0.4) is 0 Å². The fourth-order valence-corrected chi connectivity index (χ4v) is 1.90. The van der Waals surface area contributed by atoms with Gasteiger partial charge < -0.3 is 9.64 Å². The molecule has 0 saturated carbocycles. The van der Waals surface area contributed by atoms with Gasteiger partial charge in [0.1, 0.15) is 11.6 Å². The fraction of sp³-hybridized carbons (Fsp3) is 0.357. The maximum absolute atomic E-state index is 11.7. The number of pyridine rings is 1. The Hall–Kier alpha value is -2.37. The molecule has 0 N–H and O–H groups in total. The van der Waals surface area contributed by atoms with Crippen molar-refractivity contribution in [3.63, 3.8) is 0 Å². The molecule has 0 saturated heterocycles. The molecule has 2 rings (SSSR count). The van der Waals surface area contributed by atoms with Crippen molar-refractivity contribution < 1.29 is 9.53 Å². The van der Waals surface area contributed by atoms with Crippen molar-refractivity contribution in [3.8, 4) is 0 Å². The molecular weight excluding hydrogens is 256 g/mol. The van der Waals surface area contributed by atoms with Gasteiger partial charge >= 0.3 is 5.97 Å². The van der Waals surface area contributed by atoms with E-state index in [-0.39, 0.29) is 0 Å². The number of rotatable bonds is 4. The second kappa shape index (κ2) is 5.73.